The summed E-state index contributed by atoms with van der Waals surface area (Å²) in [6.45, 7) is 5.45. The maximum absolute atomic E-state index is 11.4. The van der Waals surface area contributed by atoms with Gasteiger partial charge in [0, 0.05) is 19.6 Å². The summed E-state index contributed by atoms with van der Waals surface area (Å²) >= 11 is 0. The van der Waals surface area contributed by atoms with Gasteiger partial charge in [-0.05, 0) is 38.9 Å². The smallest absolute Gasteiger partial charge is 0.409 e. The molecule has 1 aliphatic rings. The predicted octanol–water partition coefficient (Wildman–Crippen LogP) is 0.499. The van der Waals surface area contributed by atoms with Gasteiger partial charge in [0.25, 0.3) is 0 Å². The van der Waals surface area contributed by atoms with Crippen molar-refractivity contribution >= 4 is 6.09 Å². The van der Waals surface area contributed by atoms with E-state index in [9.17, 15) is 4.79 Å². The average molecular weight is 229 g/mol. The van der Waals surface area contributed by atoms with Crippen molar-refractivity contribution in [3.05, 3.63) is 0 Å². The summed E-state index contributed by atoms with van der Waals surface area (Å²) in [4.78, 5) is 15.5. The van der Waals surface area contributed by atoms with Gasteiger partial charge in [0.05, 0.1) is 7.11 Å². The number of nitrogens with two attached hydrogens (primary N) is 1. The first-order valence-corrected chi connectivity index (χ1v) is 6.03. The lowest BCUT2D eigenvalue weighted by atomic mass is 10.3. The number of rotatable bonds is 4. The van der Waals surface area contributed by atoms with Gasteiger partial charge in [0.2, 0.25) is 0 Å². The van der Waals surface area contributed by atoms with E-state index in [0.717, 1.165) is 58.5 Å². The molecule has 0 aliphatic carbocycles. The minimum Gasteiger partial charge on any atom is -0.453 e. The van der Waals surface area contributed by atoms with Crippen molar-refractivity contribution in [3.8, 4) is 0 Å². The van der Waals surface area contributed by atoms with Crippen molar-refractivity contribution in [3.63, 3.8) is 0 Å². The Morgan fingerprint density at radius 2 is 2.06 bits per heavy atom. The summed E-state index contributed by atoms with van der Waals surface area (Å²) in [6, 6.07) is 0. The summed E-state index contributed by atoms with van der Waals surface area (Å²) in [5.41, 5.74) is 5.47. The van der Waals surface area contributed by atoms with E-state index in [2.05, 4.69) is 4.90 Å². The number of nitrogens with zero attached hydrogens (tertiary/aromatic N) is 2. The second kappa shape index (κ2) is 7.46. The third kappa shape index (κ3) is 4.37. The normalized spacial score (nSPS) is 18.2. The molecule has 2 N–H and O–H groups in total. The van der Waals surface area contributed by atoms with Crippen LogP contribution in [0.5, 0.6) is 0 Å². The van der Waals surface area contributed by atoms with Crippen LogP contribution in [0.2, 0.25) is 0 Å². The molecule has 0 atom stereocenters. The van der Waals surface area contributed by atoms with E-state index in [0.29, 0.717) is 0 Å². The molecular weight excluding hydrogens is 206 g/mol. The fourth-order valence-electron chi connectivity index (χ4n) is 1.99. The summed E-state index contributed by atoms with van der Waals surface area (Å²) in [5.74, 6) is 0. The number of carbonyl (C=O) groups excluding carboxylic acids is 1. The monoisotopic (exact) mass is 229 g/mol. The van der Waals surface area contributed by atoms with Gasteiger partial charge < -0.3 is 20.3 Å². The number of amides is 1. The van der Waals surface area contributed by atoms with Crippen LogP contribution < -0.4 is 5.73 Å². The van der Waals surface area contributed by atoms with E-state index in [1.807, 2.05) is 0 Å². The minimum atomic E-state index is -0.205. The molecule has 5 heteroatoms. The molecule has 0 unspecified atom stereocenters. The van der Waals surface area contributed by atoms with E-state index in [4.69, 9.17) is 10.5 Å². The summed E-state index contributed by atoms with van der Waals surface area (Å²) < 4.78 is 4.73. The predicted molar refractivity (Wildman–Crippen MR) is 63.3 cm³/mol. The zero-order valence-electron chi connectivity index (χ0n) is 10.2. The number of carbonyl (C=O) groups is 1. The van der Waals surface area contributed by atoms with Gasteiger partial charge in [-0.15, -0.1) is 0 Å². The van der Waals surface area contributed by atoms with Crippen LogP contribution in [-0.4, -0.2) is 62.3 Å². The van der Waals surface area contributed by atoms with Crippen LogP contribution in [0.25, 0.3) is 0 Å². The number of hydrogen-bond donors (Lipinski definition) is 1. The first-order chi connectivity index (χ1) is 7.77. The second-order valence-corrected chi connectivity index (χ2v) is 4.15. The van der Waals surface area contributed by atoms with Crippen molar-refractivity contribution in [1.82, 2.24) is 9.80 Å². The van der Waals surface area contributed by atoms with Crippen molar-refractivity contribution in [2.75, 3.05) is 46.4 Å². The topological polar surface area (TPSA) is 58.8 Å². The van der Waals surface area contributed by atoms with Gasteiger partial charge in [-0.25, -0.2) is 4.79 Å². The Labute approximate surface area is 97.5 Å². The zero-order chi connectivity index (χ0) is 11.8. The first-order valence-electron chi connectivity index (χ1n) is 6.03. The highest BCUT2D eigenvalue weighted by Gasteiger charge is 2.18. The maximum Gasteiger partial charge on any atom is 0.409 e. The van der Waals surface area contributed by atoms with Gasteiger partial charge in [-0.1, -0.05) is 0 Å². The lowest BCUT2D eigenvalue weighted by Gasteiger charge is -2.20. The van der Waals surface area contributed by atoms with E-state index in [1.54, 1.807) is 4.90 Å². The lowest BCUT2D eigenvalue weighted by Crippen LogP contribution is -2.35. The standard InChI is InChI=1S/C11H23N3O2/c1-16-11(15)14-8-4-7-13(9-10-14)6-3-2-5-12/h2-10,12H2,1H3. The molecule has 0 aromatic rings. The van der Waals surface area contributed by atoms with E-state index < -0.39 is 0 Å². The van der Waals surface area contributed by atoms with Crippen molar-refractivity contribution in [1.29, 1.82) is 0 Å². The molecule has 0 saturated carbocycles. The summed E-state index contributed by atoms with van der Waals surface area (Å²) in [5, 5.41) is 0. The molecule has 1 saturated heterocycles. The Hall–Kier alpha value is -0.810. The fourth-order valence-corrected chi connectivity index (χ4v) is 1.99. The molecule has 0 aromatic carbocycles. The van der Waals surface area contributed by atoms with Crippen molar-refractivity contribution in [2.45, 2.75) is 19.3 Å². The molecule has 16 heavy (non-hydrogen) atoms. The van der Waals surface area contributed by atoms with Gasteiger partial charge in [0.1, 0.15) is 0 Å². The van der Waals surface area contributed by atoms with Crippen LogP contribution in [0.15, 0.2) is 0 Å². The average Bonchev–Trinajstić information content (AvgIpc) is 2.54. The van der Waals surface area contributed by atoms with Crippen LogP contribution in [0.3, 0.4) is 0 Å². The second-order valence-electron chi connectivity index (χ2n) is 4.15. The van der Waals surface area contributed by atoms with Crippen LogP contribution in [-0.2, 0) is 4.74 Å². The first kappa shape index (κ1) is 13.3. The molecule has 1 amide bonds. The van der Waals surface area contributed by atoms with Crippen molar-refractivity contribution < 1.29 is 9.53 Å². The molecule has 0 aromatic heterocycles. The largest absolute Gasteiger partial charge is 0.453 e. The van der Waals surface area contributed by atoms with Crippen LogP contribution in [0, 0.1) is 0 Å². The molecular formula is C11H23N3O2. The number of unbranched alkanes of at least 4 members (excludes halogenated alkanes) is 1. The molecule has 1 rings (SSSR count). The molecule has 94 valence electrons. The quantitative estimate of drug-likeness (QED) is 0.713. The van der Waals surface area contributed by atoms with Crippen LogP contribution in [0.1, 0.15) is 19.3 Å². The highest BCUT2D eigenvalue weighted by molar-refractivity contribution is 5.67. The Balaban J connectivity index is 2.26. The Bertz CT molecular complexity index is 211. The minimum absolute atomic E-state index is 0.205. The fraction of sp³-hybridized carbons (Fsp3) is 0.909. The molecule has 0 radical (unpaired) electrons. The van der Waals surface area contributed by atoms with Crippen molar-refractivity contribution in [2.24, 2.45) is 5.73 Å². The third-order valence-electron chi connectivity index (χ3n) is 2.95. The van der Waals surface area contributed by atoms with Gasteiger partial charge in [-0.2, -0.15) is 0 Å². The van der Waals surface area contributed by atoms with Crippen LogP contribution in [0.4, 0.5) is 4.79 Å². The summed E-state index contributed by atoms with van der Waals surface area (Å²) in [6.07, 6.45) is 3.05. The highest BCUT2D eigenvalue weighted by Crippen LogP contribution is 2.05. The summed E-state index contributed by atoms with van der Waals surface area (Å²) in [7, 11) is 1.44. The zero-order valence-corrected chi connectivity index (χ0v) is 10.2. The van der Waals surface area contributed by atoms with E-state index in [1.165, 1.54) is 7.11 Å². The van der Waals surface area contributed by atoms with Crippen LogP contribution >= 0.6 is 0 Å². The molecule has 1 fully saturated rings. The number of hydrogen-bond acceptors (Lipinski definition) is 4. The maximum atomic E-state index is 11.4. The SMILES string of the molecule is COC(=O)N1CCCN(CCCCN)CC1. The highest BCUT2D eigenvalue weighted by atomic mass is 16.5. The van der Waals surface area contributed by atoms with Gasteiger partial charge >= 0.3 is 6.09 Å². The molecule has 1 heterocycles. The number of methoxy groups -OCH3 is 1. The molecule has 0 spiro atoms. The molecule has 5 nitrogen and oxygen atoms in total. The Morgan fingerprint density at radius 3 is 2.75 bits per heavy atom. The Morgan fingerprint density at radius 1 is 1.25 bits per heavy atom. The lowest BCUT2D eigenvalue weighted by molar-refractivity contribution is 0.124. The van der Waals surface area contributed by atoms with Gasteiger partial charge in [-0.3, -0.25) is 0 Å². The third-order valence-corrected chi connectivity index (χ3v) is 2.95. The number of ether oxygens (including phenoxy) is 1. The Kier molecular flexibility index (Phi) is 6.18. The molecule has 0 bridgehead atoms. The van der Waals surface area contributed by atoms with E-state index in [-0.39, 0.29) is 6.09 Å². The van der Waals surface area contributed by atoms with E-state index >= 15 is 0 Å². The molecule has 1 aliphatic heterocycles. The van der Waals surface area contributed by atoms with Gasteiger partial charge in [0.15, 0.2) is 0 Å².